The van der Waals surface area contributed by atoms with Crippen molar-refractivity contribution in [2.24, 2.45) is 10.8 Å². The van der Waals surface area contributed by atoms with E-state index in [-0.39, 0.29) is 11.5 Å². The first-order chi connectivity index (χ1) is 5.04. The first-order valence-electron chi connectivity index (χ1n) is 4.72. The van der Waals surface area contributed by atoms with Gasteiger partial charge < -0.3 is 5.11 Å². The van der Waals surface area contributed by atoms with E-state index in [4.69, 9.17) is 0 Å². The summed E-state index contributed by atoms with van der Waals surface area (Å²) in [6.45, 7) is 4.59. The fourth-order valence-corrected chi connectivity index (χ4v) is 3.24. The minimum Gasteiger partial charge on any atom is -0.393 e. The Bertz CT molecular complexity index is 178. The molecule has 2 rings (SSSR count). The van der Waals surface area contributed by atoms with Gasteiger partial charge in [-0.05, 0) is 36.5 Å². The van der Waals surface area contributed by atoms with Crippen molar-refractivity contribution in [3.8, 4) is 0 Å². The number of aliphatic hydroxyl groups is 1. The van der Waals surface area contributed by atoms with Crippen molar-refractivity contribution in [1.82, 2.24) is 0 Å². The van der Waals surface area contributed by atoms with Crippen LogP contribution in [-0.4, -0.2) is 11.2 Å². The maximum absolute atomic E-state index is 9.82. The molecule has 3 atom stereocenters. The Morgan fingerprint density at radius 2 is 2.00 bits per heavy atom. The molecule has 0 radical (unpaired) electrons. The van der Waals surface area contributed by atoms with E-state index >= 15 is 0 Å². The van der Waals surface area contributed by atoms with Gasteiger partial charge in [0.2, 0.25) is 0 Å². The van der Waals surface area contributed by atoms with Gasteiger partial charge >= 0.3 is 0 Å². The number of hydrogen-bond donors (Lipinski definition) is 1. The molecule has 1 nitrogen and oxygen atoms in total. The second-order valence-corrected chi connectivity index (χ2v) is 5.21. The lowest BCUT2D eigenvalue weighted by molar-refractivity contribution is 0.0557. The average molecular weight is 154 g/mol. The van der Waals surface area contributed by atoms with Crippen LogP contribution < -0.4 is 0 Å². The van der Waals surface area contributed by atoms with Gasteiger partial charge in [0.15, 0.2) is 0 Å². The van der Waals surface area contributed by atoms with Crippen LogP contribution in [0.1, 0.15) is 46.0 Å². The summed E-state index contributed by atoms with van der Waals surface area (Å²) in [6.07, 6.45) is 6.17. The summed E-state index contributed by atoms with van der Waals surface area (Å²) in [4.78, 5) is 0. The Kier molecular flexibility index (Phi) is 1.39. The summed E-state index contributed by atoms with van der Waals surface area (Å²) in [7, 11) is 0. The maximum atomic E-state index is 9.82. The van der Waals surface area contributed by atoms with Crippen molar-refractivity contribution in [1.29, 1.82) is 0 Å². The molecule has 0 amide bonds. The van der Waals surface area contributed by atoms with Crippen molar-refractivity contribution in [2.45, 2.75) is 52.1 Å². The summed E-state index contributed by atoms with van der Waals surface area (Å²) in [5.41, 5.74) is 0.749. The van der Waals surface area contributed by atoms with Crippen molar-refractivity contribution >= 4 is 0 Å². The van der Waals surface area contributed by atoms with E-state index in [9.17, 15) is 5.11 Å². The first-order valence-corrected chi connectivity index (χ1v) is 4.72. The fourth-order valence-electron chi connectivity index (χ4n) is 3.24. The quantitative estimate of drug-likeness (QED) is 0.568. The summed E-state index contributed by atoms with van der Waals surface area (Å²) in [5.74, 6) is 0. The number of rotatable bonds is 0. The van der Waals surface area contributed by atoms with Crippen LogP contribution in [0.15, 0.2) is 0 Å². The van der Waals surface area contributed by atoms with Gasteiger partial charge in [-0.15, -0.1) is 0 Å². The monoisotopic (exact) mass is 154 g/mol. The van der Waals surface area contributed by atoms with Crippen molar-refractivity contribution < 1.29 is 5.11 Å². The molecule has 0 aromatic rings. The van der Waals surface area contributed by atoms with Gasteiger partial charge in [0.05, 0.1) is 6.10 Å². The smallest absolute Gasteiger partial charge is 0.0599 e. The predicted octanol–water partition coefficient (Wildman–Crippen LogP) is 2.34. The minimum atomic E-state index is -0.0185. The Labute approximate surface area is 68.8 Å². The summed E-state index contributed by atoms with van der Waals surface area (Å²) in [6, 6.07) is 0. The topological polar surface area (TPSA) is 20.2 Å². The minimum absolute atomic E-state index is 0.0185. The van der Waals surface area contributed by atoms with E-state index in [0.717, 1.165) is 6.42 Å². The third-order valence-electron chi connectivity index (χ3n) is 3.85. The third kappa shape index (κ3) is 1.01. The summed E-state index contributed by atoms with van der Waals surface area (Å²) < 4.78 is 0. The molecule has 0 aromatic carbocycles. The molecule has 64 valence electrons. The van der Waals surface area contributed by atoms with E-state index in [1.54, 1.807) is 0 Å². The fraction of sp³-hybridized carbons (Fsp3) is 1.00. The van der Waals surface area contributed by atoms with Crippen LogP contribution >= 0.6 is 0 Å². The largest absolute Gasteiger partial charge is 0.393 e. The molecular formula is C10H18O. The Hall–Kier alpha value is -0.0400. The number of hydrogen-bond acceptors (Lipinski definition) is 1. The normalized spacial score (nSPS) is 56.5. The van der Waals surface area contributed by atoms with Crippen molar-refractivity contribution in [3.63, 3.8) is 0 Å². The van der Waals surface area contributed by atoms with Crippen LogP contribution in [-0.2, 0) is 0 Å². The molecular weight excluding hydrogens is 136 g/mol. The van der Waals surface area contributed by atoms with Crippen LogP contribution in [0.5, 0.6) is 0 Å². The van der Waals surface area contributed by atoms with Crippen molar-refractivity contribution in [2.75, 3.05) is 0 Å². The zero-order chi connectivity index (χ0) is 8.11. The standard InChI is InChI=1S/C10H18O/c1-9-4-3-5-10(2,7-9)8(11)6-9/h8,11H,3-7H2,1-2H3. The Morgan fingerprint density at radius 3 is 2.55 bits per heavy atom. The molecule has 2 aliphatic rings. The number of aliphatic hydroxyl groups excluding tert-OH is 1. The highest BCUT2D eigenvalue weighted by molar-refractivity contribution is 5.02. The van der Waals surface area contributed by atoms with Gasteiger partial charge in [-0.3, -0.25) is 0 Å². The zero-order valence-electron chi connectivity index (χ0n) is 7.56. The van der Waals surface area contributed by atoms with Crippen LogP contribution in [0.4, 0.5) is 0 Å². The molecule has 3 unspecified atom stereocenters. The second-order valence-electron chi connectivity index (χ2n) is 5.21. The lowest BCUT2D eigenvalue weighted by Crippen LogP contribution is -2.28. The molecule has 1 N–H and O–H groups in total. The molecule has 2 fully saturated rings. The first kappa shape index (κ1) is 7.60. The van der Waals surface area contributed by atoms with Gasteiger partial charge in [-0.25, -0.2) is 0 Å². The summed E-state index contributed by atoms with van der Waals surface area (Å²) in [5, 5.41) is 9.82. The Morgan fingerprint density at radius 1 is 1.27 bits per heavy atom. The SMILES string of the molecule is CC12CCCC(C)(C1)C(O)C2. The number of fused-ring (bicyclic) bond motifs is 2. The third-order valence-corrected chi connectivity index (χ3v) is 3.85. The predicted molar refractivity (Wildman–Crippen MR) is 45.3 cm³/mol. The van der Waals surface area contributed by atoms with Gasteiger partial charge in [0.1, 0.15) is 0 Å². The second kappa shape index (κ2) is 2.01. The molecule has 1 heteroatoms. The Balaban J connectivity index is 2.26. The van der Waals surface area contributed by atoms with Crippen molar-refractivity contribution in [3.05, 3.63) is 0 Å². The highest BCUT2D eigenvalue weighted by Gasteiger charge is 2.51. The average Bonchev–Trinajstić information content (AvgIpc) is 1.99. The van der Waals surface area contributed by atoms with Gasteiger partial charge in [0.25, 0.3) is 0 Å². The highest BCUT2D eigenvalue weighted by atomic mass is 16.3. The van der Waals surface area contributed by atoms with Crippen LogP contribution in [0.25, 0.3) is 0 Å². The van der Waals surface area contributed by atoms with E-state index < -0.39 is 0 Å². The zero-order valence-corrected chi connectivity index (χ0v) is 7.56. The maximum Gasteiger partial charge on any atom is 0.0599 e. The van der Waals surface area contributed by atoms with E-state index in [0.29, 0.717) is 5.41 Å². The van der Waals surface area contributed by atoms with E-state index in [1.165, 1.54) is 25.7 Å². The van der Waals surface area contributed by atoms with Crippen LogP contribution in [0, 0.1) is 10.8 Å². The van der Waals surface area contributed by atoms with E-state index in [1.807, 2.05) is 0 Å². The lowest BCUT2D eigenvalue weighted by atomic mass is 9.71. The molecule has 11 heavy (non-hydrogen) atoms. The molecule has 0 aromatic heterocycles. The van der Waals surface area contributed by atoms with Crippen LogP contribution in [0.3, 0.4) is 0 Å². The molecule has 0 saturated heterocycles. The molecule has 0 aliphatic heterocycles. The molecule has 0 spiro atoms. The van der Waals surface area contributed by atoms with Crippen LogP contribution in [0.2, 0.25) is 0 Å². The lowest BCUT2D eigenvalue weighted by Gasteiger charge is -2.35. The van der Waals surface area contributed by atoms with Gasteiger partial charge in [-0.1, -0.05) is 20.3 Å². The van der Waals surface area contributed by atoms with E-state index in [2.05, 4.69) is 13.8 Å². The summed E-state index contributed by atoms with van der Waals surface area (Å²) >= 11 is 0. The van der Waals surface area contributed by atoms with Gasteiger partial charge in [0, 0.05) is 0 Å². The molecule has 2 bridgehead atoms. The molecule has 0 heterocycles. The van der Waals surface area contributed by atoms with Gasteiger partial charge in [-0.2, -0.15) is 0 Å². The molecule has 2 saturated carbocycles. The highest BCUT2D eigenvalue weighted by Crippen LogP contribution is 2.57. The molecule has 2 aliphatic carbocycles.